The van der Waals surface area contributed by atoms with E-state index in [0.29, 0.717) is 42.9 Å². The molecular weight excluding hydrogens is 407 g/mol. The van der Waals surface area contributed by atoms with Crippen molar-refractivity contribution < 1.29 is 13.9 Å². The van der Waals surface area contributed by atoms with E-state index in [1.807, 2.05) is 13.8 Å². The fourth-order valence-electron chi connectivity index (χ4n) is 2.83. The van der Waals surface area contributed by atoms with Crippen LogP contribution in [0.4, 0.5) is 10.2 Å². The molecule has 0 aliphatic rings. The second-order valence-corrected chi connectivity index (χ2v) is 7.48. The van der Waals surface area contributed by atoms with Gasteiger partial charge >= 0.3 is 0 Å². The number of amides is 1. The Kier molecular flexibility index (Phi) is 7.97. The van der Waals surface area contributed by atoms with Gasteiger partial charge < -0.3 is 15.4 Å². The lowest BCUT2D eigenvalue weighted by atomic mass is 10.2. The predicted octanol–water partition coefficient (Wildman–Crippen LogP) is 2.96. The summed E-state index contributed by atoms with van der Waals surface area (Å²) in [5.74, 6) is 0.546. The van der Waals surface area contributed by atoms with Crippen molar-refractivity contribution in [3.8, 4) is 0 Å². The molecule has 8 nitrogen and oxygen atoms in total. The molecule has 0 radical (unpaired) electrons. The van der Waals surface area contributed by atoms with Crippen LogP contribution in [0, 0.1) is 5.82 Å². The zero-order valence-electron chi connectivity index (χ0n) is 17.0. The van der Waals surface area contributed by atoms with Gasteiger partial charge in [-0.2, -0.15) is 5.10 Å². The second-order valence-electron chi connectivity index (χ2n) is 6.25. The Morgan fingerprint density at radius 3 is 2.83 bits per heavy atom. The maximum Gasteiger partial charge on any atom is 0.254 e. The van der Waals surface area contributed by atoms with E-state index in [9.17, 15) is 9.18 Å². The summed E-state index contributed by atoms with van der Waals surface area (Å²) in [4.78, 5) is 21.4. The van der Waals surface area contributed by atoms with E-state index in [2.05, 4.69) is 25.7 Å². The third-order valence-electron chi connectivity index (χ3n) is 4.22. The molecule has 1 aromatic carbocycles. The van der Waals surface area contributed by atoms with Crippen molar-refractivity contribution in [2.75, 3.05) is 37.4 Å². The van der Waals surface area contributed by atoms with Crippen molar-refractivity contribution in [3.05, 3.63) is 41.8 Å². The number of halogens is 1. The number of benzene rings is 1. The maximum absolute atomic E-state index is 13.7. The van der Waals surface area contributed by atoms with Crippen molar-refractivity contribution in [1.29, 1.82) is 0 Å². The number of nitrogens with zero attached hydrogens (tertiary/aromatic N) is 4. The van der Waals surface area contributed by atoms with Gasteiger partial charge in [-0.1, -0.05) is 30.8 Å². The SMILES string of the molecule is CCOCCNc1nc(SCC)nc2c1cnn2CCNC(=O)c1ccccc1F. The van der Waals surface area contributed by atoms with Crippen LogP contribution in [0.5, 0.6) is 0 Å². The highest BCUT2D eigenvalue weighted by Crippen LogP contribution is 2.24. The molecular formula is C20H25FN6O2S. The molecule has 0 atom stereocenters. The summed E-state index contributed by atoms with van der Waals surface area (Å²) < 4.78 is 20.8. The molecule has 10 heteroatoms. The zero-order chi connectivity index (χ0) is 21.3. The average molecular weight is 433 g/mol. The van der Waals surface area contributed by atoms with Gasteiger partial charge in [0.1, 0.15) is 11.6 Å². The number of carbonyl (C=O) groups is 1. The van der Waals surface area contributed by atoms with E-state index >= 15 is 0 Å². The molecule has 30 heavy (non-hydrogen) atoms. The number of hydrogen-bond acceptors (Lipinski definition) is 7. The van der Waals surface area contributed by atoms with E-state index in [4.69, 9.17) is 4.74 Å². The zero-order valence-corrected chi connectivity index (χ0v) is 17.8. The third kappa shape index (κ3) is 5.45. The monoisotopic (exact) mass is 432 g/mol. The Labute approximate surface area is 178 Å². The number of fused-ring (bicyclic) bond motifs is 1. The van der Waals surface area contributed by atoms with Crippen LogP contribution in [0.2, 0.25) is 0 Å². The lowest BCUT2D eigenvalue weighted by Crippen LogP contribution is -2.28. The van der Waals surface area contributed by atoms with Crippen LogP contribution >= 0.6 is 11.8 Å². The van der Waals surface area contributed by atoms with Crippen LogP contribution in [0.1, 0.15) is 24.2 Å². The quantitative estimate of drug-likeness (QED) is 0.273. The highest BCUT2D eigenvalue weighted by Gasteiger charge is 2.14. The van der Waals surface area contributed by atoms with Crippen LogP contribution in [0.15, 0.2) is 35.6 Å². The van der Waals surface area contributed by atoms with E-state index in [-0.39, 0.29) is 12.1 Å². The van der Waals surface area contributed by atoms with Crippen molar-refractivity contribution in [1.82, 2.24) is 25.1 Å². The van der Waals surface area contributed by atoms with Gasteiger partial charge in [0.15, 0.2) is 10.8 Å². The minimum absolute atomic E-state index is 0.0209. The number of carbonyl (C=O) groups excluding carboxylic acids is 1. The minimum Gasteiger partial charge on any atom is -0.380 e. The summed E-state index contributed by atoms with van der Waals surface area (Å²) >= 11 is 1.54. The van der Waals surface area contributed by atoms with Crippen molar-refractivity contribution in [3.63, 3.8) is 0 Å². The van der Waals surface area contributed by atoms with Gasteiger partial charge in [0, 0.05) is 19.7 Å². The average Bonchev–Trinajstić information content (AvgIpc) is 3.15. The largest absolute Gasteiger partial charge is 0.380 e. The van der Waals surface area contributed by atoms with Gasteiger partial charge in [0.2, 0.25) is 0 Å². The first kappa shape index (κ1) is 22.0. The summed E-state index contributed by atoms with van der Waals surface area (Å²) in [6.07, 6.45) is 1.71. The summed E-state index contributed by atoms with van der Waals surface area (Å²) in [5.41, 5.74) is 0.701. The van der Waals surface area contributed by atoms with Crippen LogP contribution in [-0.4, -0.2) is 57.7 Å². The number of hydrogen-bond donors (Lipinski definition) is 2. The summed E-state index contributed by atoms with van der Waals surface area (Å²) in [6, 6.07) is 5.89. The third-order valence-corrected chi connectivity index (χ3v) is 4.95. The van der Waals surface area contributed by atoms with Crippen LogP contribution in [0.25, 0.3) is 11.0 Å². The number of thioether (sulfide) groups is 1. The molecule has 2 aromatic heterocycles. The molecule has 2 heterocycles. The first-order chi connectivity index (χ1) is 14.6. The smallest absolute Gasteiger partial charge is 0.254 e. The minimum atomic E-state index is -0.545. The van der Waals surface area contributed by atoms with Gasteiger partial charge in [0.05, 0.1) is 30.3 Å². The lowest BCUT2D eigenvalue weighted by Gasteiger charge is -2.10. The van der Waals surface area contributed by atoms with Crippen LogP contribution < -0.4 is 10.6 Å². The highest BCUT2D eigenvalue weighted by atomic mass is 32.2. The number of ether oxygens (including phenoxy) is 1. The van der Waals surface area contributed by atoms with E-state index in [1.165, 1.54) is 12.1 Å². The number of aromatic nitrogens is 4. The predicted molar refractivity (Wildman–Crippen MR) is 115 cm³/mol. The Morgan fingerprint density at radius 1 is 1.23 bits per heavy atom. The molecule has 2 N–H and O–H groups in total. The van der Waals surface area contributed by atoms with Gasteiger partial charge in [-0.05, 0) is 24.8 Å². The molecule has 0 saturated carbocycles. The van der Waals surface area contributed by atoms with Crippen molar-refractivity contribution >= 4 is 34.5 Å². The first-order valence-corrected chi connectivity index (χ1v) is 10.8. The van der Waals surface area contributed by atoms with Gasteiger partial charge in [-0.3, -0.25) is 4.79 Å². The van der Waals surface area contributed by atoms with Crippen molar-refractivity contribution in [2.24, 2.45) is 0 Å². The Bertz CT molecular complexity index is 997. The molecule has 0 fully saturated rings. The van der Waals surface area contributed by atoms with E-state index in [0.717, 1.165) is 11.1 Å². The molecule has 160 valence electrons. The van der Waals surface area contributed by atoms with Crippen molar-refractivity contribution in [2.45, 2.75) is 25.5 Å². The number of rotatable bonds is 11. The van der Waals surface area contributed by atoms with E-state index < -0.39 is 11.7 Å². The molecule has 0 aliphatic carbocycles. The molecule has 0 saturated heterocycles. The molecule has 0 aliphatic heterocycles. The van der Waals surface area contributed by atoms with Gasteiger partial charge in [-0.25, -0.2) is 19.0 Å². The summed E-state index contributed by atoms with van der Waals surface area (Å²) in [6.45, 7) is 6.54. The first-order valence-electron chi connectivity index (χ1n) is 9.84. The van der Waals surface area contributed by atoms with E-state index in [1.54, 1.807) is 34.8 Å². The molecule has 0 unspecified atom stereocenters. The Morgan fingerprint density at radius 2 is 2.07 bits per heavy atom. The topological polar surface area (TPSA) is 94.0 Å². The Balaban J connectivity index is 1.71. The maximum atomic E-state index is 13.7. The fraction of sp³-hybridized carbons (Fsp3) is 0.400. The summed E-state index contributed by atoms with van der Waals surface area (Å²) in [7, 11) is 0. The van der Waals surface area contributed by atoms with Crippen LogP contribution in [-0.2, 0) is 11.3 Å². The number of anilines is 1. The lowest BCUT2D eigenvalue weighted by molar-refractivity contribution is 0.0948. The fourth-order valence-corrected chi connectivity index (χ4v) is 3.39. The normalized spacial score (nSPS) is 11.0. The summed E-state index contributed by atoms with van der Waals surface area (Å²) in [5, 5.41) is 11.9. The molecule has 1 amide bonds. The second kappa shape index (κ2) is 10.9. The van der Waals surface area contributed by atoms with Crippen LogP contribution in [0.3, 0.4) is 0 Å². The molecule has 0 spiro atoms. The Hall–Kier alpha value is -2.72. The van der Waals surface area contributed by atoms with Gasteiger partial charge in [0.25, 0.3) is 5.91 Å². The molecule has 3 aromatic rings. The number of nitrogens with one attached hydrogen (secondary N) is 2. The molecule has 0 bridgehead atoms. The van der Waals surface area contributed by atoms with Gasteiger partial charge in [-0.15, -0.1) is 0 Å². The highest BCUT2D eigenvalue weighted by molar-refractivity contribution is 7.99. The molecule has 3 rings (SSSR count). The standard InChI is InChI=1S/C20H25FN6O2S/c1-3-29-12-10-22-17-15-13-24-27(18(15)26-20(25-17)30-4-2)11-9-23-19(28)14-7-5-6-8-16(14)21/h5-8,13H,3-4,9-12H2,1-2H3,(H,23,28)(H,22,25,26).